The number of hydrogen-bond acceptors (Lipinski definition) is 3. The van der Waals surface area contributed by atoms with Crippen molar-refractivity contribution in [2.45, 2.75) is 0 Å². The number of rotatable bonds is 2. The van der Waals surface area contributed by atoms with Crippen LogP contribution in [0.5, 0.6) is 0 Å². The fourth-order valence-electron chi connectivity index (χ4n) is 1.08. The van der Waals surface area contributed by atoms with Crippen molar-refractivity contribution in [1.82, 2.24) is 15.2 Å². The molecule has 1 aromatic carbocycles. The Balaban J connectivity index is 2.16. The Morgan fingerprint density at radius 1 is 1.00 bits per heavy atom. The molecule has 0 amide bonds. The number of hydrogen-bond donors (Lipinski definition) is 0. The van der Waals surface area contributed by atoms with E-state index in [-0.39, 0.29) is 0 Å². The van der Waals surface area contributed by atoms with Gasteiger partial charge in [0.15, 0.2) is 0 Å². The van der Waals surface area contributed by atoms with Crippen molar-refractivity contribution in [1.29, 1.82) is 0 Å². The zero-order valence-corrected chi connectivity index (χ0v) is 7.54. The molecule has 0 aliphatic heterocycles. The maximum absolute atomic E-state index is 3.89. The van der Waals surface area contributed by atoms with E-state index in [9.17, 15) is 0 Å². The smallest absolute Gasteiger partial charge is 0.138 e. The standard InChI is InChI=1S/C11H9N3/c1-2-4-10(5-3-1)6-7-11-8-12-9-13-14-11/h1-9H. The Bertz CT molecular complexity index is 368. The lowest BCUT2D eigenvalue weighted by Crippen LogP contribution is -1.85. The van der Waals surface area contributed by atoms with E-state index >= 15 is 0 Å². The zero-order chi connectivity index (χ0) is 9.64. The summed E-state index contributed by atoms with van der Waals surface area (Å²) in [4.78, 5) is 3.87. The summed E-state index contributed by atoms with van der Waals surface area (Å²) < 4.78 is 0. The van der Waals surface area contributed by atoms with Crippen LogP contribution in [0.15, 0.2) is 42.9 Å². The van der Waals surface area contributed by atoms with Crippen molar-refractivity contribution >= 4 is 12.2 Å². The highest BCUT2D eigenvalue weighted by molar-refractivity contribution is 5.67. The average molecular weight is 183 g/mol. The molecule has 0 aliphatic carbocycles. The summed E-state index contributed by atoms with van der Waals surface area (Å²) in [5.74, 6) is 0. The molecule has 0 N–H and O–H groups in total. The third kappa shape index (κ3) is 2.23. The van der Waals surface area contributed by atoms with Crippen LogP contribution in [-0.4, -0.2) is 15.2 Å². The second-order valence-corrected chi connectivity index (χ2v) is 2.78. The molecule has 0 spiro atoms. The predicted octanol–water partition coefficient (Wildman–Crippen LogP) is 2.04. The number of benzene rings is 1. The van der Waals surface area contributed by atoms with E-state index in [0.29, 0.717) is 0 Å². The van der Waals surface area contributed by atoms with Gasteiger partial charge in [-0.3, -0.25) is 0 Å². The Hall–Kier alpha value is -2.03. The molecule has 3 heteroatoms. The van der Waals surface area contributed by atoms with Gasteiger partial charge in [0.25, 0.3) is 0 Å². The van der Waals surface area contributed by atoms with Gasteiger partial charge in [-0.2, -0.15) is 0 Å². The summed E-state index contributed by atoms with van der Waals surface area (Å²) in [6, 6.07) is 10.0. The van der Waals surface area contributed by atoms with Crippen molar-refractivity contribution in [3.8, 4) is 0 Å². The van der Waals surface area contributed by atoms with Crippen molar-refractivity contribution in [3.63, 3.8) is 0 Å². The van der Waals surface area contributed by atoms with E-state index in [2.05, 4.69) is 15.2 Å². The molecule has 0 fully saturated rings. The molecule has 2 aromatic rings. The molecule has 68 valence electrons. The van der Waals surface area contributed by atoms with Gasteiger partial charge in [-0.15, -0.1) is 10.2 Å². The minimum Gasteiger partial charge on any atom is -0.241 e. The van der Waals surface area contributed by atoms with Gasteiger partial charge in [0.05, 0.1) is 6.20 Å². The van der Waals surface area contributed by atoms with Gasteiger partial charge in [0.1, 0.15) is 12.0 Å². The van der Waals surface area contributed by atoms with Crippen LogP contribution in [0.25, 0.3) is 12.2 Å². The van der Waals surface area contributed by atoms with Gasteiger partial charge < -0.3 is 0 Å². The van der Waals surface area contributed by atoms with E-state index in [1.807, 2.05) is 42.5 Å². The van der Waals surface area contributed by atoms with Gasteiger partial charge in [0, 0.05) is 0 Å². The maximum atomic E-state index is 3.89. The first-order valence-corrected chi connectivity index (χ1v) is 4.31. The van der Waals surface area contributed by atoms with Crippen molar-refractivity contribution in [2.24, 2.45) is 0 Å². The molecule has 0 saturated heterocycles. The molecule has 0 aliphatic rings. The fraction of sp³-hybridized carbons (Fsp3) is 0. The van der Waals surface area contributed by atoms with Gasteiger partial charge in [-0.25, -0.2) is 4.98 Å². The Labute approximate surface area is 82.2 Å². The number of aromatic nitrogens is 3. The lowest BCUT2D eigenvalue weighted by Gasteiger charge is -1.90. The summed E-state index contributed by atoms with van der Waals surface area (Å²) >= 11 is 0. The second kappa shape index (κ2) is 4.28. The van der Waals surface area contributed by atoms with Gasteiger partial charge in [0.2, 0.25) is 0 Å². The lowest BCUT2D eigenvalue weighted by atomic mass is 10.2. The molecular formula is C11H9N3. The summed E-state index contributed by atoms with van der Waals surface area (Å²) in [6.45, 7) is 0. The van der Waals surface area contributed by atoms with Crippen LogP contribution >= 0.6 is 0 Å². The minimum atomic E-state index is 0.761. The molecule has 1 aromatic heterocycles. The van der Waals surface area contributed by atoms with Crippen LogP contribution in [0, 0.1) is 0 Å². The lowest BCUT2D eigenvalue weighted by molar-refractivity contribution is 0.957. The summed E-state index contributed by atoms with van der Waals surface area (Å²) in [5, 5.41) is 7.58. The summed E-state index contributed by atoms with van der Waals surface area (Å²) in [5.41, 5.74) is 1.90. The molecule has 3 nitrogen and oxygen atoms in total. The van der Waals surface area contributed by atoms with Crippen molar-refractivity contribution in [3.05, 3.63) is 54.1 Å². The van der Waals surface area contributed by atoms with Gasteiger partial charge in [-0.1, -0.05) is 36.4 Å². The third-order valence-corrected chi connectivity index (χ3v) is 1.74. The molecule has 0 unspecified atom stereocenters. The monoisotopic (exact) mass is 183 g/mol. The zero-order valence-electron chi connectivity index (χ0n) is 7.54. The maximum Gasteiger partial charge on any atom is 0.138 e. The van der Waals surface area contributed by atoms with Gasteiger partial charge in [-0.05, 0) is 11.6 Å². The highest BCUT2D eigenvalue weighted by Crippen LogP contribution is 2.03. The first-order chi connectivity index (χ1) is 6.95. The predicted molar refractivity (Wildman–Crippen MR) is 55.2 cm³/mol. The minimum absolute atomic E-state index is 0.761. The van der Waals surface area contributed by atoms with Crippen molar-refractivity contribution < 1.29 is 0 Å². The highest BCUT2D eigenvalue weighted by atomic mass is 15.1. The van der Waals surface area contributed by atoms with Crippen LogP contribution in [0.2, 0.25) is 0 Å². The largest absolute Gasteiger partial charge is 0.241 e. The molecule has 0 saturated carbocycles. The molecule has 0 radical (unpaired) electrons. The van der Waals surface area contributed by atoms with Crippen LogP contribution in [0.1, 0.15) is 11.3 Å². The summed E-state index contributed by atoms with van der Waals surface area (Å²) in [6.07, 6.45) is 6.95. The second-order valence-electron chi connectivity index (χ2n) is 2.78. The first kappa shape index (κ1) is 8.56. The first-order valence-electron chi connectivity index (χ1n) is 4.31. The molecule has 1 heterocycles. The average Bonchev–Trinajstić information content (AvgIpc) is 2.29. The molecular weight excluding hydrogens is 174 g/mol. The quantitative estimate of drug-likeness (QED) is 0.715. The molecule has 2 rings (SSSR count). The van der Waals surface area contributed by atoms with E-state index in [1.165, 1.54) is 6.33 Å². The molecule has 0 atom stereocenters. The number of nitrogens with zero attached hydrogens (tertiary/aromatic N) is 3. The SMILES string of the molecule is C(=Cc1cncnn1)c1ccccc1. The normalized spacial score (nSPS) is 10.6. The Kier molecular flexibility index (Phi) is 2.62. The van der Waals surface area contributed by atoms with E-state index in [1.54, 1.807) is 6.20 Å². The van der Waals surface area contributed by atoms with E-state index < -0.39 is 0 Å². The highest BCUT2D eigenvalue weighted by Gasteiger charge is 1.87. The van der Waals surface area contributed by atoms with Crippen molar-refractivity contribution in [2.75, 3.05) is 0 Å². The van der Waals surface area contributed by atoms with Gasteiger partial charge >= 0.3 is 0 Å². The third-order valence-electron chi connectivity index (χ3n) is 1.74. The Morgan fingerprint density at radius 3 is 2.57 bits per heavy atom. The van der Waals surface area contributed by atoms with E-state index in [0.717, 1.165) is 11.3 Å². The fourth-order valence-corrected chi connectivity index (χ4v) is 1.08. The van der Waals surface area contributed by atoms with Crippen LogP contribution in [-0.2, 0) is 0 Å². The Morgan fingerprint density at radius 2 is 1.86 bits per heavy atom. The van der Waals surface area contributed by atoms with Crippen LogP contribution < -0.4 is 0 Å². The summed E-state index contributed by atoms with van der Waals surface area (Å²) in [7, 11) is 0. The molecule has 0 bridgehead atoms. The molecule has 14 heavy (non-hydrogen) atoms. The van der Waals surface area contributed by atoms with Crippen LogP contribution in [0.4, 0.5) is 0 Å². The van der Waals surface area contributed by atoms with E-state index in [4.69, 9.17) is 0 Å². The topological polar surface area (TPSA) is 38.7 Å². The van der Waals surface area contributed by atoms with Crippen LogP contribution in [0.3, 0.4) is 0 Å².